The highest BCUT2D eigenvalue weighted by molar-refractivity contribution is 9.10. The molecule has 0 N–H and O–H groups in total. The number of carbonyl (C=O) groups excluding carboxylic acids is 1. The molecule has 0 amide bonds. The molecule has 6 heteroatoms. The quantitative estimate of drug-likeness (QED) is 0.807. The van der Waals surface area contributed by atoms with Gasteiger partial charge < -0.3 is 4.74 Å². The van der Waals surface area contributed by atoms with Gasteiger partial charge in [-0.2, -0.15) is 5.10 Å². The van der Waals surface area contributed by atoms with Gasteiger partial charge in [0.1, 0.15) is 4.60 Å². The van der Waals surface area contributed by atoms with Crippen molar-refractivity contribution in [1.82, 2.24) is 9.78 Å². The zero-order valence-corrected chi connectivity index (χ0v) is 13.1. The minimum atomic E-state index is -0.433. The Morgan fingerprint density at radius 1 is 1.40 bits per heavy atom. The van der Waals surface area contributed by atoms with E-state index in [9.17, 15) is 9.59 Å². The summed E-state index contributed by atoms with van der Waals surface area (Å²) in [6.07, 6.45) is 0. The maximum Gasteiger partial charge on any atom is 0.338 e. The molecule has 5 nitrogen and oxygen atoms in total. The first-order valence-corrected chi connectivity index (χ1v) is 7.14. The van der Waals surface area contributed by atoms with Gasteiger partial charge in [-0.3, -0.25) is 4.79 Å². The maximum atomic E-state index is 12.4. The highest BCUT2D eigenvalue weighted by Gasteiger charge is 2.14. The Morgan fingerprint density at radius 3 is 2.70 bits per heavy atom. The van der Waals surface area contributed by atoms with Gasteiger partial charge in [-0.05, 0) is 48.8 Å². The van der Waals surface area contributed by atoms with Gasteiger partial charge >= 0.3 is 5.97 Å². The second kappa shape index (κ2) is 5.75. The van der Waals surface area contributed by atoms with Crippen molar-refractivity contribution >= 4 is 32.7 Å². The van der Waals surface area contributed by atoms with Crippen LogP contribution in [-0.2, 0) is 4.74 Å². The Hall–Kier alpha value is -1.69. The second-order valence-corrected chi connectivity index (χ2v) is 5.37. The van der Waals surface area contributed by atoms with Crippen LogP contribution in [0, 0.1) is 0 Å². The van der Waals surface area contributed by atoms with Gasteiger partial charge in [0, 0.05) is 5.39 Å². The van der Waals surface area contributed by atoms with Crippen molar-refractivity contribution in [3.8, 4) is 0 Å². The molecule has 0 fully saturated rings. The molecular formula is C14H15BrN2O3. The monoisotopic (exact) mass is 338 g/mol. The summed E-state index contributed by atoms with van der Waals surface area (Å²) in [5.74, 6) is -0.433. The standard InChI is InChI=1S/C14H15BrN2O3/c1-4-20-14(19)9-5-6-10-11(7-9)13(18)17(8(2)3)16-12(10)15/h5-8H,4H2,1-3H3. The van der Waals surface area contributed by atoms with E-state index in [2.05, 4.69) is 21.0 Å². The van der Waals surface area contributed by atoms with E-state index in [1.807, 2.05) is 13.8 Å². The van der Waals surface area contributed by atoms with Crippen LogP contribution in [0.2, 0.25) is 0 Å². The fourth-order valence-electron chi connectivity index (χ4n) is 1.91. The number of rotatable bonds is 3. The zero-order chi connectivity index (χ0) is 14.9. The first-order chi connectivity index (χ1) is 9.45. The lowest BCUT2D eigenvalue weighted by Crippen LogP contribution is -2.25. The summed E-state index contributed by atoms with van der Waals surface area (Å²) >= 11 is 3.36. The molecule has 0 bridgehead atoms. The molecule has 1 aromatic carbocycles. The van der Waals surface area contributed by atoms with E-state index < -0.39 is 5.97 Å². The zero-order valence-electron chi connectivity index (χ0n) is 11.5. The molecule has 106 valence electrons. The number of carbonyl (C=O) groups is 1. The second-order valence-electron chi connectivity index (χ2n) is 4.62. The third-order valence-corrected chi connectivity index (χ3v) is 3.46. The minimum absolute atomic E-state index is 0.0607. The summed E-state index contributed by atoms with van der Waals surface area (Å²) in [6.45, 7) is 5.79. The Morgan fingerprint density at radius 2 is 2.10 bits per heavy atom. The smallest absolute Gasteiger partial charge is 0.338 e. The average Bonchev–Trinajstić information content (AvgIpc) is 2.42. The van der Waals surface area contributed by atoms with Crippen molar-refractivity contribution in [2.45, 2.75) is 26.8 Å². The molecule has 0 saturated heterocycles. The number of nitrogens with zero attached hydrogens (tertiary/aromatic N) is 2. The molecule has 0 spiro atoms. The number of ether oxygens (including phenoxy) is 1. The molecule has 20 heavy (non-hydrogen) atoms. The summed E-state index contributed by atoms with van der Waals surface area (Å²) in [5, 5.41) is 5.35. The highest BCUT2D eigenvalue weighted by Crippen LogP contribution is 2.21. The summed E-state index contributed by atoms with van der Waals surface area (Å²) in [4.78, 5) is 24.1. The van der Waals surface area contributed by atoms with Gasteiger partial charge in [-0.15, -0.1) is 0 Å². The third-order valence-electron chi connectivity index (χ3n) is 2.88. The predicted octanol–water partition coefficient (Wildman–Crippen LogP) is 2.92. The van der Waals surface area contributed by atoms with Crippen LogP contribution < -0.4 is 5.56 Å². The van der Waals surface area contributed by atoms with Gasteiger partial charge in [0.15, 0.2) is 0 Å². The molecule has 0 aliphatic heterocycles. The lowest BCUT2D eigenvalue weighted by atomic mass is 10.1. The largest absolute Gasteiger partial charge is 0.462 e. The number of halogens is 1. The van der Waals surface area contributed by atoms with Gasteiger partial charge in [0.05, 0.1) is 23.6 Å². The Kier molecular flexibility index (Phi) is 4.23. The summed E-state index contributed by atoms with van der Waals surface area (Å²) < 4.78 is 6.92. The van der Waals surface area contributed by atoms with E-state index in [1.54, 1.807) is 25.1 Å². The van der Waals surface area contributed by atoms with Crippen LogP contribution in [0.3, 0.4) is 0 Å². The Bertz CT molecular complexity index is 722. The van der Waals surface area contributed by atoms with Crippen molar-refractivity contribution in [1.29, 1.82) is 0 Å². The van der Waals surface area contributed by atoms with Crippen LogP contribution in [0.4, 0.5) is 0 Å². The summed E-state index contributed by atoms with van der Waals surface area (Å²) in [6, 6.07) is 4.83. The molecular weight excluding hydrogens is 324 g/mol. The normalized spacial score (nSPS) is 11.1. The predicted molar refractivity (Wildman–Crippen MR) is 80.0 cm³/mol. The number of aromatic nitrogens is 2. The van der Waals surface area contributed by atoms with Crippen molar-refractivity contribution in [3.63, 3.8) is 0 Å². The molecule has 0 aliphatic carbocycles. The third kappa shape index (κ3) is 2.60. The number of esters is 1. The van der Waals surface area contributed by atoms with E-state index in [0.717, 1.165) is 0 Å². The average molecular weight is 339 g/mol. The van der Waals surface area contributed by atoms with Gasteiger partial charge in [-0.1, -0.05) is 6.07 Å². The van der Waals surface area contributed by atoms with Crippen LogP contribution in [0.1, 0.15) is 37.2 Å². The van der Waals surface area contributed by atoms with Crippen LogP contribution in [0.15, 0.2) is 27.6 Å². The molecule has 0 saturated carbocycles. The van der Waals surface area contributed by atoms with Crippen LogP contribution in [0.25, 0.3) is 10.8 Å². The van der Waals surface area contributed by atoms with E-state index >= 15 is 0 Å². The molecule has 2 rings (SSSR count). The minimum Gasteiger partial charge on any atom is -0.462 e. The van der Waals surface area contributed by atoms with Crippen LogP contribution >= 0.6 is 15.9 Å². The van der Waals surface area contributed by atoms with Crippen LogP contribution in [0.5, 0.6) is 0 Å². The van der Waals surface area contributed by atoms with Gasteiger partial charge in [-0.25, -0.2) is 9.48 Å². The Labute approximate surface area is 124 Å². The fraction of sp³-hybridized carbons (Fsp3) is 0.357. The van der Waals surface area contributed by atoms with Crippen molar-refractivity contribution in [2.75, 3.05) is 6.61 Å². The van der Waals surface area contributed by atoms with E-state index in [0.29, 0.717) is 27.5 Å². The SMILES string of the molecule is CCOC(=O)c1ccc2c(Br)nn(C(C)C)c(=O)c2c1. The van der Waals surface area contributed by atoms with E-state index in [4.69, 9.17) is 4.74 Å². The lowest BCUT2D eigenvalue weighted by Gasteiger charge is -2.11. The number of hydrogen-bond acceptors (Lipinski definition) is 4. The number of hydrogen-bond donors (Lipinski definition) is 0. The van der Waals surface area contributed by atoms with Crippen LogP contribution in [-0.4, -0.2) is 22.4 Å². The topological polar surface area (TPSA) is 61.2 Å². The fourth-order valence-corrected chi connectivity index (χ4v) is 2.43. The highest BCUT2D eigenvalue weighted by atomic mass is 79.9. The van der Waals surface area contributed by atoms with Gasteiger partial charge in [0.25, 0.3) is 5.56 Å². The lowest BCUT2D eigenvalue weighted by molar-refractivity contribution is 0.0526. The molecule has 2 aromatic rings. The van der Waals surface area contributed by atoms with Crippen molar-refractivity contribution in [2.24, 2.45) is 0 Å². The van der Waals surface area contributed by atoms with Gasteiger partial charge in [0.2, 0.25) is 0 Å². The maximum absolute atomic E-state index is 12.4. The summed E-state index contributed by atoms with van der Waals surface area (Å²) in [7, 11) is 0. The van der Waals surface area contributed by atoms with E-state index in [-0.39, 0.29) is 11.6 Å². The molecule has 1 heterocycles. The first-order valence-electron chi connectivity index (χ1n) is 6.35. The number of benzene rings is 1. The molecule has 0 unspecified atom stereocenters. The molecule has 0 atom stereocenters. The Balaban J connectivity index is 2.70. The number of fused-ring (bicyclic) bond motifs is 1. The first kappa shape index (κ1) is 14.7. The molecule has 1 aromatic heterocycles. The molecule has 0 aliphatic rings. The van der Waals surface area contributed by atoms with Crippen molar-refractivity contribution < 1.29 is 9.53 Å². The van der Waals surface area contributed by atoms with E-state index in [1.165, 1.54) is 4.68 Å². The van der Waals surface area contributed by atoms with Crippen molar-refractivity contribution in [3.05, 3.63) is 38.7 Å². The molecule has 0 radical (unpaired) electrons. The summed E-state index contributed by atoms with van der Waals surface area (Å²) in [5.41, 5.74) is 0.147.